The van der Waals surface area contributed by atoms with Crippen LogP contribution in [-0.2, 0) is 14.3 Å². The van der Waals surface area contributed by atoms with E-state index in [4.69, 9.17) is 15.2 Å². The molecule has 2 N–H and O–H groups in total. The van der Waals surface area contributed by atoms with Crippen molar-refractivity contribution in [2.45, 2.75) is 64.1 Å². The molecule has 0 aromatic carbocycles. The zero-order valence-electron chi connectivity index (χ0n) is 12.8. The highest BCUT2D eigenvalue weighted by Gasteiger charge is 2.39. The Labute approximate surface area is 120 Å². The summed E-state index contributed by atoms with van der Waals surface area (Å²) in [5.41, 5.74) is 5.05. The number of likely N-dealkylation sites (tertiary alicyclic amines) is 1. The van der Waals surface area contributed by atoms with Crippen molar-refractivity contribution < 1.29 is 19.1 Å². The number of carbonyl (C=O) groups is 2. The van der Waals surface area contributed by atoms with Gasteiger partial charge in [-0.15, -0.1) is 0 Å². The molecule has 0 aliphatic carbocycles. The smallest absolute Gasteiger partial charge is 0.410 e. The Bertz CT molecular complexity index is 352. The predicted molar refractivity (Wildman–Crippen MR) is 75.2 cm³/mol. The minimum absolute atomic E-state index is 0.0458. The molecule has 0 radical (unpaired) electrons. The van der Waals surface area contributed by atoms with Gasteiger partial charge in [-0.2, -0.15) is 0 Å². The normalized spacial score (nSPS) is 22.8. The van der Waals surface area contributed by atoms with Gasteiger partial charge in [0.25, 0.3) is 0 Å². The van der Waals surface area contributed by atoms with Crippen molar-refractivity contribution in [2.24, 2.45) is 5.73 Å². The Hall–Kier alpha value is -1.30. The third-order valence-electron chi connectivity index (χ3n) is 3.35. The lowest BCUT2D eigenvalue weighted by Crippen LogP contribution is -2.45. The molecule has 1 saturated heterocycles. The molecule has 1 amide bonds. The van der Waals surface area contributed by atoms with Crippen LogP contribution in [0.1, 0.15) is 46.5 Å². The van der Waals surface area contributed by atoms with Gasteiger partial charge in [0.1, 0.15) is 5.60 Å². The third-order valence-corrected chi connectivity index (χ3v) is 3.35. The lowest BCUT2D eigenvalue weighted by atomic mass is 10.1. The highest BCUT2D eigenvalue weighted by atomic mass is 16.6. The summed E-state index contributed by atoms with van der Waals surface area (Å²) in [6, 6.07) is -0.113. The molecule has 1 fully saturated rings. The van der Waals surface area contributed by atoms with Crippen molar-refractivity contribution in [1.82, 2.24) is 4.90 Å². The van der Waals surface area contributed by atoms with E-state index in [0.717, 1.165) is 19.3 Å². The molecular formula is C14H26N2O4. The molecule has 0 saturated carbocycles. The molecule has 1 rings (SSSR count). The van der Waals surface area contributed by atoms with Crippen LogP contribution in [0.15, 0.2) is 0 Å². The molecule has 0 aromatic heterocycles. The molecule has 6 heteroatoms. The van der Waals surface area contributed by atoms with Gasteiger partial charge in [0.2, 0.25) is 0 Å². The molecule has 1 heterocycles. The maximum Gasteiger partial charge on any atom is 0.410 e. The number of ether oxygens (including phenoxy) is 2. The number of hydrogen-bond donors (Lipinski definition) is 1. The van der Waals surface area contributed by atoms with Gasteiger partial charge in [-0.05, 0) is 46.6 Å². The molecular weight excluding hydrogens is 260 g/mol. The summed E-state index contributed by atoms with van der Waals surface area (Å²) in [4.78, 5) is 25.5. The van der Waals surface area contributed by atoms with E-state index in [1.807, 2.05) is 20.8 Å². The van der Waals surface area contributed by atoms with Crippen LogP contribution in [0.5, 0.6) is 0 Å². The van der Waals surface area contributed by atoms with E-state index in [2.05, 4.69) is 0 Å². The monoisotopic (exact) mass is 286 g/mol. The van der Waals surface area contributed by atoms with Crippen LogP contribution in [0.3, 0.4) is 0 Å². The van der Waals surface area contributed by atoms with Crippen molar-refractivity contribution in [2.75, 3.05) is 13.7 Å². The Balaban J connectivity index is 2.79. The zero-order valence-corrected chi connectivity index (χ0v) is 12.8. The third kappa shape index (κ3) is 4.67. The van der Waals surface area contributed by atoms with Crippen molar-refractivity contribution in [1.29, 1.82) is 0 Å². The summed E-state index contributed by atoms with van der Waals surface area (Å²) in [6.45, 7) is 5.99. The highest BCUT2D eigenvalue weighted by Crippen LogP contribution is 2.30. The van der Waals surface area contributed by atoms with Crippen LogP contribution in [0, 0.1) is 0 Å². The number of rotatable bonds is 4. The van der Waals surface area contributed by atoms with Gasteiger partial charge < -0.3 is 20.1 Å². The molecule has 1 aliphatic heterocycles. The Morgan fingerprint density at radius 3 is 2.35 bits per heavy atom. The topological polar surface area (TPSA) is 81.9 Å². The van der Waals surface area contributed by atoms with Gasteiger partial charge in [-0.1, -0.05) is 0 Å². The summed E-state index contributed by atoms with van der Waals surface area (Å²) in [6.07, 6.45) is 2.17. The number of esters is 1. The first-order valence-corrected chi connectivity index (χ1v) is 7.06. The zero-order chi connectivity index (χ0) is 15.3. The maximum absolute atomic E-state index is 12.3. The van der Waals surface area contributed by atoms with Crippen molar-refractivity contribution >= 4 is 12.1 Å². The molecule has 6 nitrogen and oxygen atoms in total. The fourth-order valence-electron chi connectivity index (χ4n) is 2.53. The predicted octanol–water partition coefficient (Wildman–Crippen LogP) is 1.67. The van der Waals surface area contributed by atoms with Crippen molar-refractivity contribution in [3.05, 3.63) is 0 Å². The second kappa shape index (κ2) is 6.92. The van der Waals surface area contributed by atoms with E-state index < -0.39 is 5.60 Å². The van der Waals surface area contributed by atoms with Crippen LogP contribution in [-0.4, -0.2) is 48.3 Å². The number of nitrogens with zero attached hydrogens (tertiary/aromatic N) is 1. The first kappa shape index (κ1) is 16.8. The van der Waals surface area contributed by atoms with Crippen LogP contribution in [0.2, 0.25) is 0 Å². The van der Waals surface area contributed by atoms with Gasteiger partial charge in [0, 0.05) is 12.1 Å². The van der Waals surface area contributed by atoms with E-state index >= 15 is 0 Å². The van der Waals surface area contributed by atoms with E-state index in [0.29, 0.717) is 6.54 Å². The first-order chi connectivity index (χ1) is 9.28. The highest BCUT2D eigenvalue weighted by molar-refractivity contribution is 5.73. The summed E-state index contributed by atoms with van der Waals surface area (Å²) in [5, 5.41) is 0. The molecule has 0 spiro atoms. The van der Waals surface area contributed by atoms with Crippen molar-refractivity contribution in [3.63, 3.8) is 0 Å². The van der Waals surface area contributed by atoms with E-state index in [9.17, 15) is 9.59 Å². The maximum atomic E-state index is 12.3. The Morgan fingerprint density at radius 2 is 1.85 bits per heavy atom. The summed E-state index contributed by atoms with van der Waals surface area (Å²) in [7, 11) is 1.35. The van der Waals surface area contributed by atoms with Gasteiger partial charge in [-0.25, -0.2) is 4.79 Å². The lowest BCUT2D eigenvalue weighted by Gasteiger charge is -2.32. The molecule has 0 aromatic rings. The summed E-state index contributed by atoms with van der Waals surface area (Å²) in [5.74, 6) is -0.308. The Morgan fingerprint density at radius 1 is 1.25 bits per heavy atom. The minimum atomic E-state index is -0.553. The summed E-state index contributed by atoms with van der Waals surface area (Å²) >= 11 is 0. The molecule has 20 heavy (non-hydrogen) atoms. The molecule has 0 bridgehead atoms. The van der Waals surface area contributed by atoms with E-state index in [1.165, 1.54) is 7.11 Å². The van der Waals surface area contributed by atoms with Crippen molar-refractivity contribution in [3.8, 4) is 0 Å². The van der Waals surface area contributed by atoms with Gasteiger partial charge >= 0.3 is 12.1 Å². The van der Waals surface area contributed by atoms with Gasteiger partial charge in [-0.3, -0.25) is 4.79 Å². The average Bonchev–Trinajstić information content (AvgIpc) is 2.70. The lowest BCUT2D eigenvalue weighted by molar-refractivity contribution is -0.141. The number of carbonyl (C=O) groups excluding carboxylic acids is 2. The van der Waals surface area contributed by atoms with Crippen LogP contribution in [0.25, 0.3) is 0 Å². The molecule has 116 valence electrons. The van der Waals surface area contributed by atoms with E-state index in [1.54, 1.807) is 4.90 Å². The average molecular weight is 286 g/mol. The molecule has 2 atom stereocenters. The SMILES string of the molecule is COC(=O)CC1CCC(CCN)N1C(=O)OC(C)(C)C. The van der Waals surface area contributed by atoms with Crippen LogP contribution in [0.4, 0.5) is 4.79 Å². The standard InChI is InChI=1S/C14H26N2O4/c1-14(2,3)20-13(18)16-10(7-8-15)5-6-11(16)9-12(17)19-4/h10-11H,5-9,15H2,1-4H3. The molecule has 2 unspecified atom stereocenters. The first-order valence-electron chi connectivity index (χ1n) is 7.06. The number of amides is 1. The van der Waals surface area contributed by atoms with Gasteiger partial charge in [0.05, 0.1) is 13.5 Å². The Kier molecular flexibility index (Phi) is 5.80. The molecule has 1 aliphatic rings. The number of methoxy groups -OCH3 is 1. The van der Waals surface area contributed by atoms with E-state index in [-0.39, 0.29) is 30.6 Å². The van der Waals surface area contributed by atoms with Crippen LogP contribution >= 0.6 is 0 Å². The fourth-order valence-corrected chi connectivity index (χ4v) is 2.53. The quantitative estimate of drug-likeness (QED) is 0.795. The largest absolute Gasteiger partial charge is 0.469 e. The number of nitrogens with two attached hydrogens (primary N) is 1. The second-order valence-electron chi connectivity index (χ2n) is 6.13. The minimum Gasteiger partial charge on any atom is -0.469 e. The second-order valence-corrected chi connectivity index (χ2v) is 6.13. The number of hydrogen-bond acceptors (Lipinski definition) is 5. The summed E-state index contributed by atoms with van der Waals surface area (Å²) < 4.78 is 10.1. The van der Waals surface area contributed by atoms with Crippen LogP contribution < -0.4 is 5.73 Å². The fraction of sp³-hybridized carbons (Fsp3) is 0.857. The van der Waals surface area contributed by atoms with Gasteiger partial charge in [0.15, 0.2) is 0 Å².